The number of nitrogens with one attached hydrogen (secondary N) is 1. The number of alkyl halides is 3. The maximum atomic E-state index is 12.5. The summed E-state index contributed by atoms with van der Waals surface area (Å²) in [5, 5.41) is 19.9. The summed E-state index contributed by atoms with van der Waals surface area (Å²) in [6.07, 6.45) is -5.10. The van der Waals surface area contributed by atoms with Crippen LogP contribution in [-0.2, 0) is 4.79 Å². The molecule has 118 valence electrons. The Morgan fingerprint density at radius 2 is 2.05 bits per heavy atom. The van der Waals surface area contributed by atoms with Crippen LogP contribution in [0.1, 0.15) is 6.92 Å². The molecule has 9 heteroatoms. The number of carbonyl (C=O) groups excluding carboxylic acids is 1. The van der Waals surface area contributed by atoms with E-state index in [4.69, 9.17) is 16.7 Å². The van der Waals surface area contributed by atoms with E-state index in [2.05, 4.69) is 0 Å². The van der Waals surface area contributed by atoms with E-state index in [0.29, 0.717) is 17.6 Å². The first-order chi connectivity index (χ1) is 9.59. The molecule has 1 aromatic rings. The monoisotopic (exact) mass is 343 g/mol. The number of aliphatic hydroxyl groups is 2. The van der Waals surface area contributed by atoms with E-state index in [1.165, 1.54) is 30.0 Å². The fraction of sp³-hybridized carbons (Fsp3) is 0.417. The molecule has 0 saturated carbocycles. The molecule has 21 heavy (non-hydrogen) atoms. The van der Waals surface area contributed by atoms with Gasteiger partial charge in [0.05, 0.1) is 17.3 Å². The van der Waals surface area contributed by atoms with Crippen LogP contribution in [0.4, 0.5) is 18.9 Å². The van der Waals surface area contributed by atoms with Gasteiger partial charge in [-0.25, -0.2) is 0 Å². The second-order valence-corrected chi connectivity index (χ2v) is 5.81. The minimum atomic E-state index is -5.10. The molecule has 0 aliphatic carbocycles. The van der Waals surface area contributed by atoms with Gasteiger partial charge in [0.25, 0.3) is 5.91 Å². The number of carbonyl (C=O) groups is 1. The minimum absolute atomic E-state index is 0.0317. The van der Waals surface area contributed by atoms with Gasteiger partial charge in [0.2, 0.25) is 5.60 Å². The number of thioether (sulfide) groups is 1. The van der Waals surface area contributed by atoms with Crippen LogP contribution in [0.2, 0.25) is 5.02 Å². The zero-order valence-corrected chi connectivity index (χ0v) is 12.4. The molecule has 0 aromatic heterocycles. The molecule has 1 amide bonds. The average molecular weight is 344 g/mol. The first-order valence-corrected chi connectivity index (χ1v) is 7.09. The van der Waals surface area contributed by atoms with E-state index in [9.17, 15) is 23.1 Å². The van der Waals surface area contributed by atoms with Crippen molar-refractivity contribution in [2.24, 2.45) is 0 Å². The number of amides is 1. The van der Waals surface area contributed by atoms with Gasteiger partial charge in [-0.3, -0.25) is 4.79 Å². The van der Waals surface area contributed by atoms with Gasteiger partial charge in [-0.05, 0) is 25.1 Å². The van der Waals surface area contributed by atoms with Crippen molar-refractivity contribution in [2.45, 2.75) is 23.6 Å². The molecule has 0 saturated heterocycles. The lowest BCUT2D eigenvalue weighted by molar-refractivity contribution is -0.242. The van der Waals surface area contributed by atoms with Crippen molar-refractivity contribution in [3.05, 3.63) is 23.2 Å². The van der Waals surface area contributed by atoms with Crippen LogP contribution in [0.15, 0.2) is 23.1 Å². The summed E-state index contributed by atoms with van der Waals surface area (Å²) in [5.74, 6) is -1.18. The van der Waals surface area contributed by atoms with Crippen molar-refractivity contribution < 1.29 is 28.2 Å². The average Bonchev–Trinajstić information content (AvgIpc) is 2.37. The third kappa shape index (κ3) is 4.50. The number of hydrogen-bond acceptors (Lipinski definition) is 4. The predicted octanol–water partition coefficient (Wildman–Crippen LogP) is 2.68. The molecular formula is C12H13ClF3NO3S. The van der Waals surface area contributed by atoms with Crippen LogP contribution >= 0.6 is 23.4 Å². The molecule has 0 bridgehead atoms. The number of hydrogen-bond donors (Lipinski definition) is 3. The van der Waals surface area contributed by atoms with E-state index >= 15 is 0 Å². The highest BCUT2D eigenvalue weighted by molar-refractivity contribution is 7.99. The zero-order chi connectivity index (χ0) is 16.3. The molecule has 4 nitrogen and oxygen atoms in total. The Bertz CT molecular complexity index is 523. The van der Waals surface area contributed by atoms with Gasteiger partial charge >= 0.3 is 6.18 Å². The smallest absolute Gasteiger partial charge is 0.396 e. The van der Waals surface area contributed by atoms with Crippen LogP contribution in [-0.4, -0.2) is 40.3 Å². The Morgan fingerprint density at radius 3 is 2.52 bits per heavy atom. The minimum Gasteiger partial charge on any atom is -0.396 e. The Balaban J connectivity index is 2.87. The maximum absolute atomic E-state index is 12.5. The largest absolute Gasteiger partial charge is 0.426 e. The maximum Gasteiger partial charge on any atom is 0.426 e. The van der Waals surface area contributed by atoms with Gasteiger partial charge in [-0.15, -0.1) is 11.8 Å². The number of rotatable bonds is 5. The normalized spacial score (nSPS) is 14.6. The molecule has 0 aliphatic heterocycles. The Morgan fingerprint density at radius 1 is 1.43 bits per heavy atom. The van der Waals surface area contributed by atoms with Crippen molar-refractivity contribution in [3.8, 4) is 0 Å². The van der Waals surface area contributed by atoms with E-state index in [1.54, 1.807) is 0 Å². The van der Waals surface area contributed by atoms with Gasteiger partial charge in [-0.1, -0.05) is 11.6 Å². The predicted molar refractivity (Wildman–Crippen MR) is 74.6 cm³/mol. The topological polar surface area (TPSA) is 69.6 Å². The summed E-state index contributed by atoms with van der Waals surface area (Å²) in [6.45, 7) is 0.330. The van der Waals surface area contributed by atoms with E-state index in [0.717, 1.165) is 0 Å². The number of halogens is 4. The molecule has 0 fully saturated rings. The summed E-state index contributed by atoms with van der Waals surface area (Å²) in [6, 6.07) is 4.30. The first kappa shape index (κ1) is 18.1. The van der Waals surface area contributed by atoms with E-state index < -0.39 is 17.7 Å². The summed E-state index contributed by atoms with van der Waals surface area (Å²) in [4.78, 5) is 12.2. The number of anilines is 1. The molecule has 1 atom stereocenters. The molecule has 1 unspecified atom stereocenters. The van der Waals surface area contributed by atoms with Crippen LogP contribution < -0.4 is 5.32 Å². The second kappa shape index (κ2) is 6.87. The van der Waals surface area contributed by atoms with Crippen molar-refractivity contribution in [3.63, 3.8) is 0 Å². The zero-order valence-electron chi connectivity index (χ0n) is 10.9. The van der Waals surface area contributed by atoms with Crippen molar-refractivity contribution in [1.29, 1.82) is 0 Å². The van der Waals surface area contributed by atoms with E-state index in [-0.39, 0.29) is 17.3 Å². The molecule has 0 spiro atoms. The van der Waals surface area contributed by atoms with Crippen molar-refractivity contribution in [1.82, 2.24) is 0 Å². The third-order valence-electron chi connectivity index (χ3n) is 2.54. The highest BCUT2D eigenvalue weighted by Crippen LogP contribution is 2.33. The molecule has 0 aliphatic rings. The molecule has 1 rings (SSSR count). The summed E-state index contributed by atoms with van der Waals surface area (Å²) in [5.41, 5.74) is -3.56. The SMILES string of the molecule is CC(O)(C(=O)Nc1ccc(SCCO)cc1Cl)C(F)(F)F. The lowest BCUT2D eigenvalue weighted by Crippen LogP contribution is -2.52. The summed E-state index contributed by atoms with van der Waals surface area (Å²) in [7, 11) is 0. The Kier molecular flexibility index (Phi) is 5.92. The van der Waals surface area contributed by atoms with Crippen molar-refractivity contribution >= 4 is 35.0 Å². The lowest BCUT2D eigenvalue weighted by atomic mass is 10.1. The van der Waals surface area contributed by atoms with Gasteiger partial charge in [0, 0.05) is 10.6 Å². The van der Waals surface area contributed by atoms with Crippen LogP contribution in [0.5, 0.6) is 0 Å². The highest BCUT2D eigenvalue weighted by atomic mass is 35.5. The molecule has 0 heterocycles. The van der Waals surface area contributed by atoms with E-state index in [1.807, 2.05) is 5.32 Å². The first-order valence-electron chi connectivity index (χ1n) is 5.73. The highest BCUT2D eigenvalue weighted by Gasteiger charge is 2.55. The Hall–Kier alpha value is -0.960. The summed E-state index contributed by atoms with van der Waals surface area (Å²) >= 11 is 7.16. The lowest BCUT2D eigenvalue weighted by Gasteiger charge is -2.25. The second-order valence-electron chi connectivity index (χ2n) is 4.24. The Labute approximate surface area is 128 Å². The molecule has 1 aromatic carbocycles. The molecule has 0 radical (unpaired) electrons. The standard InChI is InChI=1S/C12H13ClF3NO3S/c1-11(20,12(14,15)16)10(19)17-9-3-2-7(6-8(9)13)21-5-4-18/h2-3,6,18,20H,4-5H2,1H3,(H,17,19). The van der Waals surface area contributed by atoms with Crippen LogP contribution in [0.25, 0.3) is 0 Å². The number of benzene rings is 1. The molecule has 3 N–H and O–H groups in total. The van der Waals surface area contributed by atoms with Gasteiger partial charge in [0.15, 0.2) is 0 Å². The third-order valence-corrected chi connectivity index (χ3v) is 3.83. The fourth-order valence-electron chi connectivity index (χ4n) is 1.22. The number of aliphatic hydroxyl groups excluding tert-OH is 1. The fourth-order valence-corrected chi connectivity index (χ4v) is 2.21. The van der Waals surface area contributed by atoms with Crippen LogP contribution in [0.3, 0.4) is 0 Å². The molecular weight excluding hydrogens is 331 g/mol. The summed E-state index contributed by atoms with van der Waals surface area (Å²) < 4.78 is 37.6. The van der Waals surface area contributed by atoms with Gasteiger partial charge in [-0.2, -0.15) is 13.2 Å². The van der Waals surface area contributed by atoms with Gasteiger partial charge < -0.3 is 15.5 Å². The van der Waals surface area contributed by atoms with Gasteiger partial charge in [0.1, 0.15) is 0 Å². The quantitative estimate of drug-likeness (QED) is 0.719. The van der Waals surface area contributed by atoms with Crippen molar-refractivity contribution in [2.75, 3.05) is 17.7 Å². The van der Waals surface area contributed by atoms with Crippen LogP contribution in [0, 0.1) is 0 Å².